The third-order valence-corrected chi connectivity index (χ3v) is 7.09. The van der Waals surface area contributed by atoms with E-state index in [1.165, 1.54) is 11.8 Å². The third kappa shape index (κ3) is 7.19. The molecule has 1 aliphatic rings. The summed E-state index contributed by atoms with van der Waals surface area (Å²) < 4.78 is 30.3. The molecule has 1 saturated heterocycles. The molecule has 2 aromatic carbocycles. The molecule has 2 N–H and O–H groups in total. The molecule has 0 radical (unpaired) electrons. The predicted octanol–water partition coefficient (Wildman–Crippen LogP) is 3.38. The summed E-state index contributed by atoms with van der Waals surface area (Å²) in [6.45, 7) is 2.72. The van der Waals surface area contributed by atoms with Gasteiger partial charge in [0.15, 0.2) is 5.82 Å². The number of carbonyl (C=O) groups excluding carboxylic acids is 2. The van der Waals surface area contributed by atoms with E-state index in [1.54, 1.807) is 4.68 Å². The van der Waals surface area contributed by atoms with Gasteiger partial charge in [0.25, 0.3) is 0 Å². The highest BCUT2D eigenvalue weighted by atomic mass is 32.2. The Morgan fingerprint density at radius 1 is 1.19 bits per heavy atom. The summed E-state index contributed by atoms with van der Waals surface area (Å²) in [6.07, 6.45) is 3.74. The zero-order valence-corrected chi connectivity index (χ0v) is 21.9. The van der Waals surface area contributed by atoms with E-state index in [9.17, 15) is 18.0 Å². The number of rotatable bonds is 11. The van der Waals surface area contributed by atoms with Gasteiger partial charge in [0.1, 0.15) is 15.6 Å². The third-order valence-electron chi connectivity index (χ3n) is 6.06. The molecule has 0 spiro atoms. The van der Waals surface area contributed by atoms with Crippen LogP contribution in [-0.4, -0.2) is 55.2 Å². The first-order valence-electron chi connectivity index (χ1n) is 12.4. The molecule has 1 fully saturated rings. The summed E-state index contributed by atoms with van der Waals surface area (Å²) >= 11 is 0. The maximum atomic E-state index is 12.7. The van der Waals surface area contributed by atoms with Crippen LogP contribution in [0.25, 0.3) is 16.9 Å². The van der Waals surface area contributed by atoms with Crippen LogP contribution in [0.2, 0.25) is 0 Å². The fourth-order valence-electron chi connectivity index (χ4n) is 4.25. The van der Waals surface area contributed by atoms with E-state index >= 15 is 0 Å². The average Bonchev–Trinajstić information content (AvgIpc) is 3.48. The minimum Gasteiger partial charge on any atom is -0.493 e. The number of carbonyl (C=O) groups is 2. The van der Waals surface area contributed by atoms with Crippen molar-refractivity contribution in [1.29, 1.82) is 0 Å². The molecule has 10 heteroatoms. The minimum absolute atomic E-state index is 0.0647. The molecule has 3 aromatic rings. The normalized spacial score (nSPS) is 15.4. The lowest BCUT2D eigenvalue weighted by atomic mass is 10.0. The van der Waals surface area contributed by atoms with Gasteiger partial charge in [0.2, 0.25) is 11.8 Å². The van der Waals surface area contributed by atoms with Crippen LogP contribution < -0.4 is 15.4 Å². The van der Waals surface area contributed by atoms with Gasteiger partial charge in [-0.15, -0.1) is 5.10 Å². The predicted molar refractivity (Wildman–Crippen MR) is 143 cm³/mol. The lowest BCUT2D eigenvalue weighted by Crippen LogP contribution is -2.24. The van der Waals surface area contributed by atoms with Crippen LogP contribution in [0.1, 0.15) is 31.7 Å². The van der Waals surface area contributed by atoms with E-state index in [2.05, 4.69) is 34.8 Å². The summed E-state index contributed by atoms with van der Waals surface area (Å²) in [6, 6.07) is 17.4. The number of ether oxygens (including phenoxy) is 1. The number of amides is 2. The smallest absolute Gasteiger partial charge is 0.230 e. The Kier molecular flexibility index (Phi) is 8.27. The lowest BCUT2D eigenvalue weighted by molar-refractivity contribution is -0.123. The van der Waals surface area contributed by atoms with Crippen LogP contribution in [-0.2, 0) is 25.8 Å². The highest BCUT2D eigenvalue weighted by Crippen LogP contribution is 2.29. The van der Waals surface area contributed by atoms with Gasteiger partial charge < -0.3 is 15.4 Å². The van der Waals surface area contributed by atoms with Crippen molar-refractivity contribution in [2.24, 2.45) is 5.92 Å². The van der Waals surface area contributed by atoms with Crippen molar-refractivity contribution in [3.8, 4) is 22.7 Å². The van der Waals surface area contributed by atoms with Gasteiger partial charge in [-0.25, -0.2) is 13.1 Å². The average molecular weight is 525 g/mol. The van der Waals surface area contributed by atoms with Gasteiger partial charge in [-0.2, -0.15) is 0 Å². The Balaban J connectivity index is 1.62. The molecule has 2 amide bonds. The van der Waals surface area contributed by atoms with Gasteiger partial charge in [-0.05, 0) is 36.6 Å². The number of nitrogens with zero attached hydrogens (tertiary/aromatic N) is 2. The second kappa shape index (κ2) is 11.6. The van der Waals surface area contributed by atoms with Gasteiger partial charge in [-0.3, -0.25) is 9.59 Å². The molecule has 1 aliphatic heterocycles. The highest BCUT2D eigenvalue weighted by Gasteiger charge is 2.28. The Labute approximate surface area is 217 Å². The van der Waals surface area contributed by atoms with E-state index in [0.717, 1.165) is 29.8 Å². The van der Waals surface area contributed by atoms with Gasteiger partial charge in [0, 0.05) is 36.9 Å². The largest absolute Gasteiger partial charge is 0.493 e. The Bertz CT molecular complexity index is 1380. The quantitative estimate of drug-likeness (QED) is 0.371. The SMILES string of the molecule is CCCc1cccc(-c2cc(NC(=O)[C@@H]3CNC(=O)C3)nn2-c2cccc(OCCCS(C)(=O)=O)c2)c1. The summed E-state index contributed by atoms with van der Waals surface area (Å²) in [5.41, 5.74) is 3.69. The number of hydrogen-bond acceptors (Lipinski definition) is 6. The van der Waals surface area contributed by atoms with Crippen molar-refractivity contribution in [2.45, 2.75) is 32.6 Å². The van der Waals surface area contributed by atoms with E-state index in [0.29, 0.717) is 24.5 Å². The Morgan fingerprint density at radius 3 is 2.73 bits per heavy atom. The number of benzene rings is 2. The maximum absolute atomic E-state index is 12.7. The van der Waals surface area contributed by atoms with Crippen LogP contribution in [0.3, 0.4) is 0 Å². The van der Waals surface area contributed by atoms with Crippen LogP contribution in [0.5, 0.6) is 5.75 Å². The van der Waals surface area contributed by atoms with Crippen LogP contribution in [0.15, 0.2) is 54.6 Å². The molecule has 37 heavy (non-hydrogen) atoms. The van der Waals surface area contributed by atoms with Crippen molar-refractivity contribution < 1.29 is 22.7 Å². The molecule has 0 bridgehead atoms. The number of anilines is 1. The molecular weight excluding hydrogens is 492 g/mol. The summed E-state index contributed by atoms with van der Waals surface area (Å²) in [5, 5.41) is 10.2. The van der Waals surface area contributed by atoms with Crippen molar-refractivity contribution in [3.63, 3.8) is 0 Å². The second-order valence-corrected chi connectivity index (χ2v) is 11.6. The molecule has 2 heterocycles. The first-order valence-corrected chi connectivity index (χ1v) is 14.5. The fourth-order valence-corrected chi connectivity index (χ4v) is 4.90. The Morgan fingerprint density at radius 2 is 2.00 bits per heavy atom. The number of nitrogens with one attached hydrogen (secondary N) is 2. The van der Waals surface area contributed by atoms with Crippen molar-refractivity contribution >= 4 is 27.5 Å². The second-order valence-electron chi connectivity index (χ2n) is 9.30. The number of aryl methyl sites for hydroxylation is 1. The van der Waals surface area contributed by atoms with Crippen LogP contribution >= 0.6 is 0 Å². The molecule has 1 aromatic heterocycles. The van der Waals surface area contributed by atoms with Crippen molar-refractivity contribution in [2.75, 3.05) is 30.5 Å². The zero-order valence-electron chi connectivity index (χ0n) is 21.1. The van der Waals surface area contributed by atoms with E-state index < -0.39 is 15.8 Å². The first kappa shape index (κ1) is 26.4. The summed E-state index contributed by atoms with van der Waals surface area (Å²) in [5.74, 6) is 0.227. The van der Waals surface area contributed by atoms with Crippen molar-refractivity contribution in [1.82, 2.24) is 15.1 Å². The zero-order chi connectivity index (χ0) is 26.4. The van der Waals surface area contributed by atoms with Gasteiger partial charge in [-0.1, -0.05) is 37.6 Å². The molecule has 0 saturated carbocycles. The number of sulfone groups is 1. The van der Waals surface area contributed by atoms with E-state index in [4.69, 9.17) is 4.74 Å². The van der Waals surface area contributed by atoms with Gasteiger partial charge >= 0.3 is 0 Å². The van der Waals surface area contributed by atoms with Crippen LogP contribution in [0, 0.1) is 5.92 Å². The lowest BCUT2D eigenvalue weighted by Gasteiger charge is -2.11. The van der Waals surface area contributed by atoms with E-state index in [-0.39, 0.29) is 30.6 Å². The molecule has 0 aliphatic carbocycles. The fraction of sp³-hybridized carbons (Fsp3) is 0.370. The Hall–Kier alpha value is -3.66. The standard InChI is InChI=1S/C27H32N4O5S/c1-3-7-19-8-4-9-20(14-19)24-17-25(29-27(33)21-15-26(32)28-18-21)30-31(24)22-10-5-11-23(16-22)36-12-6-13-37(2,34)35/h4-5,8-11,14,16-17,21H,3,6-7,12-13,15,18H2,1-2H3,(H,28,32)(H,29,30,33)/t21-/m0/s1. The number of aromatic nitrogens is 2. The van der Waals surface area contributed by atoms with E-state index in [1.807, 2.05) is 42.5 Å². The molecule has 9 nitrogen and oxygen atoms in total. The molecule has 0 unspecified atom stereocenters. The summed E-state index contributed by atoms with van der Waals surface area (Å²) in [4.78, 5) is 24.3. The summed E-state index contributed by atoms with van der Waals surface area (Å²) in [7, 11) is -3.04. The topological polar surface area (TPSA) is 119 Å². The minimum atomic E-state index is -3.04. The molecule has 1 atom stereocenters. The first-order chi connectivity index (χ1) is 17.7. The molecule has 196 valence electrons. The van der Waals surface area contributed by atoms with Crippen LogP contribution in [0.4, 0.5) is 5.82 Å². The highest BCUT2D eigenvalue weighted by molar-refractivity contribution is 7.90. The monoisotopic (exact) mass is 524 g/mol. The van der Waals surface area contributed by atoms with Gasteiger partial charge in [0.05, 0.1) is 29.7 Å². The maximum Gasteiger partial charge on any atom is 0.230 e. The number of hydrogen-bond donors (Lipinski definition) is 2. The van der Waals surface area contributed by atoms with Crippen molar-refractivity contribution in [3.05, 3.63) is 60.2 Å². The molecule has 4 rings (SSSR count). The molecular formula is C27H32N4O5S.